The highest BCUT2D eigenvalue weighted by Crippen LogP contribution is 2.10. The normalized spacial score (nSPS) is 11.5. The molecule has 0 aliphatic rings. The van der Waals surface area contributed by atoms with Gasteiger partial charge in [-0.2, -0.15) is 8.42 Å². The van der Waals surface area contributed by atoms with E-state index in [0.717, 1.165) is 19.3 Å². The van der Waals surface area contributed by atoms with Crippen molar-refractivity contribution in [3.05, 3.63) is 0 Å². The van der Waals surface area contributed by atoms with Crippen molar-refractivity contribution in [2.75, 3.05) is 39.6 Å². The second-order valence-electron chi connectivity index (χ2n) is 6.79. The topological polar surface area (TPSA) is 195 Å². The minimum Gasteiger partial charge on any atom is -0.394 e. The van der Waals surface area contributed by atoms with Crippen LogP contribution in [0.15, 0.2) is 0 Å². The van der Waals surface area contributed by atoms with E-state index in [-0.39, 0.29) is 26.0 Å². The van der Waals surface area contributed by atoms with E-state index in [4.69, 9.17) is 26.2 Å². The zero-order chi connectivity index (χ0) is 21.7. The SMILES string of the molecule is CCCCCCCCCCCCOS(=O)(=O)OCCO.N.NC(CO)(CO)CO. The van der Waals surface area contributed by atoms with Crippen molar-refractivity contribution in [3.63, 3.8) is 0 Å². The van der Waals surface area contributed by atoms with Crippen molar-refractivity contribution in [1.82, 2.24) is 6.15 Å². The van der Waals surface area contributed by atoms with Gasteiger partial charge in [-0.05, 0) is 6.42 Å². The molecule has 0 spiro atoms. The van der Waals surface area contributed by atoms with Crippen molar-refractivity contribution in [3.8, 4) is 0 Å². The first-order valence-electron chi connectivity index (χ1n) is 10.1. The highest BCUT2D eigenvalue weighted by Gasteiger charge is 2.20. The standard InChI is InChI=1S/C14H30O5S.C4H11NO3.H3N/c1-2-3-4-5-6-7-8-9-10-11-13-18-20(16,17)19-14-12-15;5-4(1-6,2-7)3-8;/h15H,2-14H2,1H3;6-8H,1-3,5H2;1H3. The first kappa shape index (κ1) is 33.3. The summed E-state index contributed by atoms with van der Waals surface area (Å²) in [6.45, 7) is 0.586. The summed E-state index contributed by atoms with van der Waals surface area (Å²) < 4.78 is 31.2. The molecule has 9 N–H and O–H groups in total. The lowest BCUT2D eigenvalue weighted by Gasteiger charge is -2.20. The Morgan fingerprint density at radius 3 is 1.45 bits per heavy atom. The molecule has 0 aliphatic carbocycles. The molecule has 0 atom stereocenters. The minimum absolute atomic E-state index is 0. The van der Waals surface area contributed by atoms with E-state index in [1.165, 1.54) is 44.9 Å². The average molecular weight is 449 g/mol. The average Bonchev–Trinajstić information content (AvgIpc) is 2.70. The Kier molecular flexibility index (Phi) is 25.6. The number of nitrogens with two attached hydrogens (primary N) is 1. The van der Waals surface area contributed by atoms with E-state index in [1.54, 1.807) is 0 Å². The maximum atomic E-state index is 11.1. The molecule has 11 heteroatoms. The summed E-state index contributed by atoms with van der Waals surface area (Å²) >= 11 is 0. The fraction of sp³-hybridized carbons (Fsp3) is 1.00. The summed E-state index contributed by atoms with van der Waals surface area (Å²) in [6.07, 6.45) is 11.9. The molecule has 0 unspecified atom stereocenters. The van der Waals surface area contributed by atoms with Gasteiger partial charge in [-0.15, -0.1) is 0 Å². The summed E-state index contributed by atoms with van der Waals surface area (Å²) in [5.41, 5.74) is 3.94. The number of aliphatic hydroxyl groups excluding tert-OH is 4. The predicted molar refractivity (Wildman–Crippen MR) is 113 cm³/mol. The van der Waals surface area contributed by atoms with Gasteiger partial charge in [0, 0.05) is 0 Å². The van der Waals surface area contributed by atoms with E-state index >= 15 is 0 Å². The molecular formula is C18H44N2O8S. The van der Waals surface area contributed by atoms with Crippen LogP contribution in [0, 0.1) is 0 Å². The van der Waals surface area contributed by atoms with Crippen LogP contribution in [0.4, 0.5) is 0 Å². The fourth-order valence-electron chi connectivity index (χ4n) is 2.07. The van der Waals surface area contributed by atoms with Gasteiger partial charge in [0.1, 0.15) is 0 Å². The molecule has 10 nitrogen and oxygen atoms in total. The van der Waals surface area contributed by atoms with Crippen LogP contribution in [0.5, 0.6) is 0 Å². The maximum Gasteiger partial charge on any atom is 0.399 e. The van der Waals surface area contributed by atoms with E-state index < -0.39 is 35.8 Å². The van der Waals surface area contributed by atoms with Crippen molar-refractivity contribution < 1.29 is 37.2 Å². The highest BCUT2D eigenvalue weighted by molar-refractivity contribution is 7.81. The first-order chi connectivity index (χ1) is 13.3. The molecule has 0 heterocycles. The lowest BCUT2D eigenvalue weighted by molar-refractivity contribution is 0.0697. The van der Waals surface area contributed by atoms with E-state index in [2.05, 4.69) is 15.3 Å². The minimum atomic E-state index is -3.91. The van der Waals surface area contributed by atoms with Gasteiger partial charge >= 0.3 is 10.4 Å². The van der Waals surface area contributed by atoms with Gasteiger partial charge in [-0.25, -0.2) is 8.37 Å². The van der Waals surface area contributed by atoms with Crippen LogP contribution in [0.2, 0.25) is 0 Å². The van der Waals surface area contributed by atoms with E-state index in [0.29, 0.717) is 0 Å². The summed E-state index contributed by atoms with van der Waals surface area (Å²) in [4.78, 5) is 0. The van der Waals surface area contributed by atoms with Crippen LogP contribution >= 0.6 is 0 Å². The maximum absolute atomic E-state index is 11.1. The van der Waals surface area contributed by atoms with Gasteiger partial charge in [0.15, 0.2) is 0 Å². The van der Waals surface area contributed by atoms with Crippen molar-refractivity contribution >= 4 is 10.4 Å². The van der Waals surface area contributed by atoms with Gasteiger partial charge in [-0.3, -0.25) is 0 Å². The van der Waals surface area contributed by atoms with Crippen molar-refractivity contribution in [2.45, 2.75) is 76.7 Å². The van der Waals surface area contributed by atoms with Crippen LogP contribution in [0.25, 0.3) is 0 Å². The Hall–Kier alpha value is -0.370. The van der Waals surface area contributed by atoms with Crippen molar-refractivity contribution in [2.24, 2.45) is 5.73 Å². The monoisotopic (exact) mass is 448 g/mol. The van der Waals surface area contributed by atoms with Crippen LogP contribution in [-0.2, 0) is 18.8 Å². The van der Waals surface area contributed by atoms with Crippen LogP contribution < -0.4 is 11.9 Å². The molecule has 0 saturated carbocycles. The lowest BCUT2D eigenvalue weighted by Crippen LogP contribution is -2.50. The Bertz CT molecular complexity index is 412. The molecule has 0 bridgehead atoms. The molecule has 0 aliphatic heterocycles. The third kappa shape index (κ3) is 23.8. The second-order valence-corrected chi connectivity index (χ2v) is 8.08. The first-order valence-corrected chi connectivity index (χ1v) is 11.4. The molecule has 180 valence electrons. The van der Waals surface area contributed by atoms with E-state index in [9.17, 15) is 8.42 Å². The number of hydrogen-bond donors (Lipinski definition) is 6. The van der Waals surface area contributed by atoms with Gasteiger partial charge in [-0.1, -0.05) is 64.7 Å². The van der Waals surface area contributed by atoms with E-state index in [1.807, 2.05) is 0 Å². The Balaban J connectivity index is -0.000000636. The number of hydrogen-bond acceptors (Lipinski definition) is 10. The molecule has 0 aromatic rings. The molecule has 0 aromatic heterocycles. The predicted octanol–water partition coefficient (Wildman–Crippen LogP) is 1.00. The summed E-state index contributed by atoms with van der Waals surface area (Å²) in [5.74, 6) is 0. The van der Waals surface area contributed by atoms with Gasteiger partial charge in [0.25, 0.3) is 0 Å². The van der Waals surface area contributed by atoms with Crippen LogP contribution in [0.1, 0.15) is 71.1 Å². The summed E-state index contributed by atoms with van der Waals surface area (Å²) in [7, 11) is -3.91. The largest absolute Gasteiger partial charge is 0.399 e. The Morgan fingerprint density at radius 1 is 0.724 bits per heavy atom. The Labute approximate surface area is 176 Å². The molecule has 0 amide bonds. The lowest BCUT2D eigenvalue weighted by atomic mass is 10.1. The molecule has 29 heavy (non-hydrogen) atoms. The summed E-state index contributed by atoms with van der Waals surface area (Å²) in [6, 6.07) is 0. The van der Waals surface area contributed by atoms with Crippen molar-refractivity contribution in [1.29, 1.82) is 0 Å². The molecule has 0 radical (unpaired) electrons. The van der Waals surface area contributed by atoms with Gasteiger partial charge in [0.05, 0.1) is 45.2 Å². The number of rotatable bonds is 18. The Morgan fingerprint density at radius 2 is 1.10 bits per heavy atom. The molecular weight excluding hydrogens is 404 g/mol. The quantitative estimate of drug-likeness (QED) is 0.165. The highest BCUT2D eigenvalue weighted by atomic mass is 32.3. The number of aliphatic hydroxyl groups is 4. The smallest absolute Gasteiger partial charge is 0.394 e. The van der Waals surface area contributed by atoms with Gasteiger partial charge < -0.3 is 32.3 Å². The molecule has 0 fully saturated rings. The fourth-order valence-corrected chi connectivity index (χ4v) is 2.74. The van der Waals surface area contributed by atoms with Gasteiger partial charge in [0.2, 0.25) is 0 Å². The molecule has 0 aromatic carbocycles. The zero-order valence-corrected chi connectivity index (χ0v) is 18.7. The second kappa shape index (κ2) is 22.3. The third-order valence-corrected chi connectivity index (χ3v) is 4.90. The molecule has 0 rings (SSSR count). The summed E-state index contributed by atoms with van der Waals surface area (Å²) in [5, 5.41) is 33.5. The zero-order valence-electron chi connectivity index (χ0n) is 17.9. The molecule has 0 saturated heterocycles. The van der Waals surface area contributed by atoms with Crippen LogP contribution in [-0.4, -0.2) is 74.0 Å². The van der Waals surface area contributed by atoms with Crippen LogP contribution in [0.3, 0.4) is 0 Å². The number of unbranched alkanes of at least 4 members (excludes halogenated alkanes) is 9. The third-order valence-electron chi connectivity index (χ3n) is 3.99.